The van der Waals surface area contributed by atoms with Crippen molar-refractivity contribution in [2.45, 2.75) is 13.3 Å². The number of hydrogen-bond acceptors (Lipinski definition) is 3. The molecule has 0 saturated heterocycles. The summed E-state index contributed by atoms with van der Waals surface area (Å²) < 4.78 is 4.71. The van der Waals surface area contributed by atoms with Gasteiger partial charge < -0.3 is 4.74 Å². The SMILES string of the molecule is CCCOC(=O)NN(C)C. The number of rotatable bonds is 3. The minimum Gasteiger partial charge on any atom is -0.449 e. The minimum atomic E-state index is -0.396. The maximum atomic E-state index is 10.6. The van der Waals surface area contributed by atoms with E-state index in [2.05, 4.69) is 5.43 Å². The summed E-state index contributed by atoms with van der Waals surface area (Å²) in [5.41, 5.74) is 2.45. The molecule has 1 N–H and O–H groups in total. The molecule has 10 heavy (non-hydrogen) atoms. The van der Waals surface area contributed by atoms with Crippen LogP contribution in [0.3, 0.4) is 0 Å². The summed E-state index contributed by atoms with van der Waals surface area (Å²) >= 11 is 0. The Balaban J connectivity index is 3.26. The Morgan fingerprint density at radius 1 is 1.60 bits per heavy atom. The van der Waals surface area contributed by atoms with Crippen molar-refractivity contribution in [1.29, 1.82) is 0 Å². The van der Waals surface area contributed by atoms with E-state index in [4.69, 9.17) is 4.74 Å². The lowest BCUT2D eigenvalue weighted by atomic mass is 10.5. The number of nitrogens with one attached hydrogen (secondary N) is 1. The molecule has 4 nitrogen and oxygen atoms in total. The largest absolute Gasteiger partial charge is 0.449 e. The van der Waals surface area contributed by atoms with Crippen molar-refractivity contribution in [1.82, 2.24) is 10.4 Å². The van der Waals surface area contributed by atoms with Gasteiger partial charge in [0, 0.05) is 14.1 Å². The van der Waals surface area contributed by atoms with Crippen molar-refractivity contribution < 1.29 is 9.53 Å². The highest BCUT2D eigenvalue weighted by molar-refractivity contribution is 5.66. The topological polar surface area (TPSA) is 41.6 Å². The molecule has 0 fully saturated rings. The minimum absolute atomic E-state index is 0.396. The fourth-order valence-electron chi connectivity index (χ4n) is 0.410. The molecular weight excluding hydrogens is 132 g/mol. The zero-order valence-corrected chi connectivity index (χ0v) is 6.68. The molecule has 0 aliphatic heterocycles. The lowest BCUT2D eigenvalue weighted by molar-refractivity contribution is 0.122. The maximum absolute atomic E-state index is 10.6. The lowest BCUT2D eigenvalue weighted by Gasteiger charge is -2.10. The summed E-state index contributed by atoms with van der Waals surface area (Å²) in [4.78, 5) is 10.6. The molecule has 0 aromatic rings. The monoisotopic (exact) mass is 146 g/mol. The smallest absolute Gasteiger partial charge is 0.421 e. The van der Waals surface area contributed by atoms with Gasteiger partial charge in [0.25, 0.3) is 0 Å². The summed E-state index contributed by atoms with van der Waals surface area (Å²) in [6, 6.07) is 0. The van der Waals surface area contributed by atoms with E-state index in [9.17, 15) is 4.79 Å². The predicted octanol–water partition coefficient (Wildman–Crippen LogP) is 0.599. The molecule has 0 atom stereocenters. The molecule has 0 aromatic carbocycles. The second-order valence-electron chi connectivity index (χ2n) is 2.14. The zero-order valence-electron chi connectivity index (χ0n) is 6.68. The van der Waals surface area contributed by atoms with E-state index in [1.165, 1.54) is 5.01 Å². The molecule has 0 aliphatic carbocycles. The standard InChI is InChI=1S/C6H14N2O2/c1-4-5-10-6(9)7-8(2)3/h4-5H2,1-3H3,(H,7,9). The van der Waals surface area contributed by atoms with Crippen LogP contribution < -0.4 is 5.43 Å². The third-order valence-electron chi connectivity index (χ3n) is 0.752. The first-order valence-electron chi connectivity index (χ1n) is 3.27. The zero-order chi connectivity index (χ0) is 7.98. The summed E-state index contributed by atoms with van der Waals surface area (Å²) in [7, 11) is 3.46. The van der Waals surface area contributed by atoms with Crippen molar-refractivity contribution in [2.75, 3.05) is 20.7 Å². The van der Waals surface area contributed by atoms with Gasteiger partial charge in [-0.25, -0.2) is 9.80 Å². The van der Waals surface area contributed by atoms with Gasteiger partial charge in [-0.2, -0.15) is 0 Å². The Hall–Kier alpha value is -0.770. The molecule has 60 valence electrons. The quantitative estimate of drug-likeness (QED) is 0.593. The van der Waals surface area contributed by atoms with Gasteiger partial charge in [-0.15, -0.1) is 0 Å². The third-order valence-corrected chi connectivity index (χ3v) is 0.752. The van der Waals surface area contributed by atoms with Crippen LogP contribution in [0.1, 0.15) is 13.3 Å². The van der Waals surface area contributed by atoms with Gasteiger partial charge in [0.1, 0.15) is 0 Å². The van der Waals surface area contributed by atoms with Gasteiger partial charge in [-0.3, -0.25) is 5.43 Å². The molecule has 0 unspecified atom stereocenters. The van der Waals surface area contributed by atoms with Crippen LogP contribution >= 0.6 is 0 Å². The number of hydrazine groups is 1. The molecule has 0 bridgehead atoms. The van der Waals surface area contributed by atoms with Crippen LogP contribution in [-0.2, 0) is 4.74 Å². The van der Waals surface area contributed by atoms with Crippen LogP contribution in [-0.4, -0.2) is 31.8 Å². The Labute approximate surface area is 61.1 Å². The number of carbonyl (C=O) groups excluding carboxylic acids is 1. The Morgan fingerprint density at radius 3 is 2.60 bits per heavy atom. The molecule has 1 amide bonds. The molecule has 0 aliphatic rings. The van der Waals surface area contributed by atoms with Crippen LogP contribution in [0.4, 0.5) is 4.79 Å². The van der Waals surface area contributed by atoms with Crippen LogP contribution in [0.2, 0.25) is 0 Å². The van der Waals surface area contributed by atoms with E-state index in [1.54, 1.807) is 14.1 Å². The van der Waals surface area contributed by atoms with Crippen molar-refractivity contribution in [2.24, 2.45) is 0 Å². The Morgan fingerprint density at radius 2 is 2.20 bits per heavy atom. The number of nitrogens with zero attached hydrogens (tertiary/aromatic N) is 1. The normalized spacial score (nSPS) is 9.60. The first-order valence-corrected chi connectivity index (χ1v) is 3.27. The fourth-order valence-corrected chi connectivity index (χ4v) is 0.410. The second kappa shape index (κ2) is 5.05. The summed E-state index contributed by atoms with van der Waals surface area (Å²) in [6.45, 7) is 2.42. The van der Waals surface area contributed by atoms with Crippen molar-refractivity contribution in [3.63, 3.8) is 0 Å². The third kappa shape index (κ3) is 5.37. The van der Waals surface area contributed by atoms with Crippen molar-refractivity contribution in [3.8, 4) is 0 Å². The van der Waals surface area contributed by atoms with Crippen LogP contribution in [0.25, 0.3) is 0 Å². The van der Waals surface area contributed by atoms with E-state index < -0.39 is 6.09 Å². The first kappa shape index (κ1) is 9.23. The van der Waals surface area contributed by atoms with Gasteiger partial charge >= 0.3 is 6.09 Å². The molecule has 4 heteroatoms. The van der Waals surface area contributed by atoms with E-state index in [0.717, 1.165) is 6.42 Å². The highest BCUT2D eigenvalue weighted by Gasteiger charge is 1.99. The molecule has 0 radical (unpaired) electrons. The van der Waals surface area contributed by atoms with Crippen LogP contribution in [0.15, 0.2) is 0 Å². The lowest BCUT2D eigenvalue weighted by Crippen LogP contribution is -2.36. The molecule has 0 heterocycles. The number of carbonyl (C=O) groups is 1. The summed E-state index contributed by atoms with van der Waals surface area (Å²) in [5, 5.41) is 1.54. The summed E-state index contributed by atoms with van der Waals surface area (Å²) in [5.74, 6) is 0. The number of hydrogen-bond donors (Lipinski definition) is 1. The van der Waals surface area contributed by atoms with Gasteiger partial charge in [-0.05, 0) is 6.42 Å². The van der Waals surface area contributed by atoms with E-state index in [-0.39, 0.29) is 0 Å². The van der Waals surface area contributed by atoms with Gasteiger partial charge in [0.05, 0.1) is 6.61 Å². The number of amides is 1. The van der Waals surface area contributed by atoms with Gasteiger partial charge in [-0.1, -0.05) is 6.92 Å². The highest BCUT2D eigenvalue weighted by Crippen LogP contribution is 1.81. The highest BCUT2D eigenvalue weighted by atomic mass is 16.6. The Bertz CT molecular complexity index is 104. The van der Waals surface area contributed by atoms with Crippen LogP contribution in [0, 0.1) is 0 Å². The predicted molar refractivity (Wildman–Crippen MR) is 38.5 cm³/mol. The maximum Gasteiger partial charge on any atom is 0.421 e. The van der Waals surface area contributed by atoms with E-state index >= 15 is 0 Å². The van der Waals surface area contributed by atoms with Crippen LogP contribution in [0.5, 0.6) is 0 Å². The molecule has 0 aromatic heterocycles. The van der Waals surface area contributed by atoms with Crippen molar-refractivity contribution >= 4 is 6.09 Å². The van der Waals surface area contributed by atoms with Gasteiger partial charge in [0.15, 0.2) is 0 Å². The molecular formula is C6H14N2O2. The summed E-state index contributed by atoms with van der Waals surface area (Å²) in [6.07, 6.45) is 0.452. The molecule has 0 saturated carbocycles. The first-order chi connectivity index (χ1) is 4.66. The van der Waals surface area contributed by atoms with Gasteiger partial charge in [0.2, 0.25) is 0 Å². The van der Waals surface area contributed by atoms with E-state index in [1.807, 2.05) is 6.92 Å². The fraction of sp³-hybridized carbons (Fsp3) is 0.833. The number of ether oxygens (including phenoxy) is 1. The Kier molecular flexibility index (Phi) is 4.66. The molecule has 0 spiro atoms. The average Bonchev–Trinajstić information content (AvgIpc) is 1.82. The second-order valence-corrected chi connectivity index (χ2v) is 2.14. The average molecular weight is 146 g/mol. The van der Waals surface area contributed by atoms with Crippen molar-refractivity contribution in [3.05, 3.63) is 0 Å². The molecule has 0 rings (SSSR count). The van der Waals surface area contributed by atoms with E-state index in [0.29, 0.717) is 6.61 Å².